The SMILES string of the molecule is COc1c(N2CCCC(=C(F)CNC(=O)[C@@H](N)CCCCN)C2)c(F)cc2c(=O)c(C(=O)O)cn(C3CC3)c12. The lowest BCUT2D eigenvalue weighted by atomic mass is 10.0. The Hall–Kier alpha value is -3.51. The van der Waals surface area contributed by atoms with Crippen molar-refractivity contribution < 1.29 is 28.2 Å². The summed E-state index contributed by atoms with van der Waals surface area (Å²) in [7, 11) is 1.36. The minimum atomic E-state index is -1.38. The van der Waals surface area contributed by atoms with E-state index in [9.17, 15) is 19.5 Å². The Kier molecular flexibility index (Phi) is 8.86. The molecule has 2 aromatic rings. The van der Waals surface area contributed by atoms with Crippen LogP contribution >= 0.6 is 0 Å². The van der Waals surface area contributed by atoms with Gasteiger partial charge in [-0.1, -0.05) is 6.42 Å². The highest BCUT2D eigenvalue weighted by molar-refractivity contribution is 5.97. The van der Waals surface area contributed by atoms with Gasteiger partial charge in [0.2, 0.25) is 11.3 Å². The van der Waals surface area contributed by atoms with Crippen molar-refractivity contribution in [1.29, 1.82) is 0 Å². The number of methoxy groups -OCH3 is 1. The number of benzene rings is 1. The van der Waals surface area contributed by atoms with E-state index in [0.29, 0.717) is 49.9 Å². The Morgan fingerprint density at radius 3 is 2.69 bits per heavy atom. The number of aromatic carboxylic acids is 1. The number of nitrogens with zero attached hydrogens (tertiary/aromatic N) is 2. The van der Waals surface area contributed by atoms with E-state index in [0.717, 1.165) is 25.3 Å². The molecule has 1 aromatic heterocycles. The Morgan fingerprint density at radius 2 is 2.05 bits per heavy atom. The van der Waals surface area contributed by atoms with Gasteiger partial charge in [-0.05, 0) is 56.7 Å². The number of hydrogen-bond donors (Lipinski definition) is 4. The van der Waals surface area contributed by atoms with Gasteiger partial charge in [0.15, 0.2) is 11.6 Å². The molecule has 1 atom stereocenters. The van der Waals surface area contributed by atoms with Gasteiger partial charge >= 0.3 is 5.97 Å². The molecule has 1 saturated carbocycles. The van der Waals surface area contributed by atoms with Crippen molar-refractivity contribution >= 4 is 28.5 Å². The van der Waals surface area contributed by atoms with Gasteiger partial charge in [-0.2, -0.15) is 0 Å². The Morgan fingerprint density at radius 1 is 1.31 bits per heavy atom. The number of carboxylic acids is 1. The molecule has 0 radical (unpaired) electrons. The van der Waals surface area contributed by atoms with Crippen LogP contribution in [0.1, 0.15) is 61.3 Å². The van der Waals surface area contributed by atoms with Gasteiger partial charge < -0.3 is 36.1 Å². The van der Waals surface area contributed by atoms with Crippen molar-refractivity contribution in [1.82, 2.24) is 9.88 Å². The topological polar surface area (TPSA) is 153 Å². The number of unbranched alkanes of at least 4 members (excludes halogenated alkanes) is 1. The van der Waals surface area contributed by atoms with Crippen molar-refractivity contribution in [2.75, 3.05) is 38.2 Å². The van der Waals surface area contributed by atoms with Crippen molar-refractivity contribution in [3.63, 3.8) is 0 Å². The van der Waals surface area contributed by atoms with E-state index >= 15 is 8.78 Å². The second-order valence-electron chi connectivity index (χ2n) is 10.1. The van der Waals surface area contributed by atoms with E-state index in [-0.39, 0.29) is 36.0 Å². The standard InChI is InChI=1S/C27H35F2N5O5/c1-39-25-22-17(24(35)18(27(37)38)14-34(22)16-7-8-16)11-19(28)23(25)33-10-4-5-15(13-33)20(29)12-32-26(36)21(31)6-2-3-9-30/h11,14,16,21H,2-10,12-13,30-31H2,1H3,(H,32,36)(H,37,38)/t21-/m0/s1. The molecule has 2 aliphatic rings. The zero-order chi connectivity index (χ0) is 28.3. The monoisotopic (exact) mass is 547 g/mol. The molecule has 2 fully saturated rings. The van der Waals surface area contributed by atoms with Crippen LogP contribution < -0.4 is 31.8 Å². The number of aromatic nitrogens is 1. The van der Waals surface area contributed by atoms with Crippen LogP contribution in [0.4, 0.5) is 14.5 Å². The van der Waals surface area contributed by atoms with E-state index in [2.05, 4.69) is 5.32 Å². The number of hydrogen-bond acceptors (Lipinski definition) is 7. The number of fused-ring (bicyclic) bond motifs is 1. The second kappa shape index (κ2) is 12.1. The summed E-state index contributed by atoms with van der Waals surface area (Å²) in [6.45, 7) is 0.665. The van der Waals surface area contributed by atoms with Crippen molar-refractivity contribution in [2.24, 2.45) is 11.5 Å². The molecule has 6 N–H and O–H groups in total. The van der Waals surface area contributed by atoms with Crippen molar-refractivity contribution in [3.05, 3.63) is 45.3 Å². The fourth-order valence-corrected chi connectivity index (χ4v) is 5.07. The lowest BCUT2D eigenvalue weighted by Gasteiger charge is -2.33. The minimum Gasteiger partial charge on any atom is -0.492 e. The summed E-state index contributed by atoms with van der Waals surface area (Å²) in [5, 5.41) is 12.0. The van der Waals surface area contributed by atoms with Gasteiger partial charge in [0, 0.05) is 25.3 Å². The molecule has 1 aliphatic heterocycles. The first-order valence-electron chi connectivity index (χ1n) is 13.2. The molecular weight excluding hydrogens is 512 g/mol. The number of ether oxygens (including phenoxy) is 1. The molecule has 1 aliphatic carbocycles. The lowest BCUT2D eigenvalue weighted by molar-refractivity contribution is -0.122. The molecular formula is C27H35F2N5O5. The number of piperidine rings is 1. The number of nitrogens with two attached hydrogens (primary N) is 2. The van der Waals surface area contributed by atoms with Crippen LogP contribution in [-0.4, -0.2) is 60.9 Å². The molecule has 1 saturated heterocycles. The summed E-state index contributed by atoms with van der Waals surface area (Å²) >= 11 is 0. The van der Waals surface area contributed by atoms with Crippen LogP contribution in [0.2, 0.25) is 0 Å². The molecule has 12 heteroatoms. The van der Waals surface area contributed by atoms with Crippen LogP contribution in [-0.2, 0) is 4.79 Å². The van der Waals surface area contributed by atoms with Gasteiger partial charge in [0.1, 0.15) is 17.1 Å². The van der Waals surface area contributed by atoms with E-state index in [4.69, 9.17) is 16.2 Å². The second-order valence-corrected chi connectivity index (χ2v) is 10.1. The molecule has 4 rings (SSSR count). The van der Waals surface area contributed by atoms with Gasteiger partial charge in [0.25, 0.3) is 0 Å². The van der Waals surface area contributed by atoms with Crippen LogP contribution in [0, 0.1) is 5.82 Å². The minimum absolute atomic E-state index is 0.0297. The lowest BCUT2D eigenvalue weighted by Crippen LogP contribution is -2.41. The van der Waals surface area contributed by atoms with Gasteiger partial charge in [-0.25, -0.2) is 13.6 Å². The third-order valence-electron chi connectivity index (χ3n) is 7.28. The Balaban J connectivity index is 1.63. The van der Waals surface area contributed by atoms with Crippen molar-refractivity contribution in [3.8, 4) is 5.75 Å². The number of nitrogens with one attached hydrogen (secondary N) is 1. The first kappa shape index (κ1) is 28.5. The quantitative estimate of drug-likeness (QED) is 0.313. The summed E-state index contributed by atoms with van der Waals surface area (Å²) in [5.74, 6) is -3.01. The Labute approximate surface area is 224 Å². The maximum Gasteiger partial charge on any atom is 0.341 e. The van der Waals surface area contributed by atoms with Crippen LogP contribution in [0.3, 0.4) is 0 Å². The first-order chi connectivity index (χ1) is 18.7. The summed E-state index contributed by atoms with van der Waals surface area (Å²) in [6, 6.07) is 0.262. The summed E-state index contributed by atoms with van der Waals surface area (Å²) < 4.78 is 38.1. The van der Waals surface area contributed by atoms with E-state index in [1.54, 1.807) is 9.47 Å². The predicted molar refractivity (Wildman–Crippen MR) is 143 cm³/mol. The van der Waals surface area contributed by atoms with Crippen LogP contribution in [0.15, 0.2) is 28.5 Å². The largest absolute Gasteiger partial charge is 0.492 e. The maximum atomic E-state index is 15.6. The predicted octanol–water partition coefficient (Wildman–Crippen LogP) is 2.58. The average molecular weight is 548 g/mol. The number of rotatable bonds is 11. The number of carbonyl (C=O) groups excluding carboxylic acids is 1. The molecule has 39 heavy (non-hydrogen) atoms. The van der Waals surface area contributed by atoms with E-state index in [1.807, 2.05) is 0 Å². The van der Waals surface area contributed by atoms with Crippen LogP contribution in [0.5, 0.6) is 5.75 Å². The molecule has 10 nitrogen and oxygen atoms in total. The highest BCUT2D eigenvalue weighted by Gasteiger charge is 2.32. The summed E-state index contributed by atoms with van der Waals surface area (Å²) in [4.78, 5) is 38.5. The third kappa shape index (κ3) is 6.06. The van der Waals surface area contributed by atoms with Gasteiger partial charge in [0.05, 0.1) is 30.6 Å². The van der Waals surface area contributed by atoms with Crippen molar-refractivity contribution in [2.45, 2.75) is 57.0 Å². The molecule has 0 bridgehead atoms. The maximum absolute atomic E-state index is 15.6. The van der Waals surface area contributed by atoms with E-state index < -0.39 is 40.6 Å². The number of halogens is 2. The molecule has 1 aromatic carbocycles. The average Bonchev–Trinajstić information content (AvgIpc) is 3.76. The molecule has 1 amide bonds. The zero-order valence-electron chi connectivity index (χ0n) is 22.0. The normalized spacial score (nSPS) is 17.7. The van der Waals surface area contributed by atoms with Crippen LogP contribution in [0.25, 0.3) is 10.9 Å². The highest BCUT2D eigenvalue weighted by atomic mass is 19.1. The number of amides is 1. The third-order valence-corrected chi connectivity index (χ3v) is 7.28. The summed E-state index contributed by atoms with van der Waals surface area (Å²) in [6.07, 6.45) is 5.75. The zero-order valence-corrected chi connectivity index (χ0v) is 22.0. The molecule has 2 heterocycles. The summed E-state index contributed by atoms with van der Waals surface area (Å²) in [5.41, 5.74) is 10.9. The number of pyridine rings is 1. The number of carboxylic acid groups (broad SMARTS) is 1. The molecule has 0 unspecified atom stereocenters. The number of anilines is 1. The molecule has 212 valence electrons. The fourth-order valence-electron chi connectivity index (χ4n) is 5.07. The smallest absolute Gasteiger partial charge is 0.341 e. The first-order valence-corrected chi connectivity index (χ1v) is 13.2. The van der Waals surface area contributed by atoms with Gasteiger partial charge in [-0.3, -0.25) is 9.59 Å². The fraction of sp³-hybridized carbons (Fsp3) is 0.519. The highest BCUT2D eigenvalue weighted by Crippen LogP contribution is 2.44. The van der Waals surface area contributed by atoms with E-state index in [1.165, 1.54) is 13.3 Å². The Bertz CT molecular complexity index is 1350. The molecule has 0 spiro atoms. The number of carbonyl (C=O) groups is 2. The van der Waals surface area contributed by atoms with Gasteiger partial charge in [-0.15, -0.1) is 0 Å².